The monoisotopic (exact) mass is 258 g/mol. The molecule has 1 rings (SSSR count). The summed E-state index contributed by atoms with van der Waals surface area (Å²) in [5.41, 5.74) is 2.23. The van der Waals surface area contributed by atoms with E-state index in [1.54, 1.807) is 7.11 Å². The Morgan fingerprint density at radius 1 is 1.33 bits per heavy atom. The maximum Gasteiger partial charge on any atom is 0.208 e. The second-order valence-corrected chi connectivity index (χ2v) is 5.82. The van der Waals surface area contributed by atoms with Gasteiger partial charge in [0, 0.05) is 20.2 Å². The van der Waals surface area contributed by atoms with Crippen molar-refractivity contribution in [2.75, 3.05) is 33.4 Å². The molecule has 0 aliphatic carbocycles. The van der Waals surface area contributed by atoms with Gasteiger partial charge in [-0.2, -0.15) is 0 Å². The van der Waals surface area contributed by atoms with Crippen molar-refractivity contribution in [2.45, 2.75) is 38.9 Å². The molecule has 6 heteroatoms. The van der Waals surface area contributed by atoms with Gasteiger partial charge in [-0.1, -0.05) is 0 Å². The number of guanidine groups is 1. The molecule has 0 aromatic heterocycles. The summed E-state index contributed by atoms with van der Waals surface area (Å²) >= 11 is 0. The van der Waals surface area contributed by atoms with Gasteiger partial charge in [-0.25, -0.2) is 10.8 Å². The Kier molecular flexibility index (Phi) is 4.95. The first kappa shape index (κ1) is 15.2. The van der Waals surface area contributed by atoms with Crippen LogP contribution < -0.4 is 11.3 Å². The van der Waals surface area contributed by atoms with Crippen LogP contribution in [0.1, 0.15) is 27.7 Å². The molecule has 1 heterocycles. The first-order valence-electron chi connectivity index (χ1n) is 6.25. The maximum absolute atomic E-state index is 6.02. The highest BCUT2D eigenvalue weighted by molar-refractivity contribution is 5.79. The Labute approximate surface area is 109 Å². The van der Waals surface area contributed by atoms with E-state index in [0.717, 1.165) is 13.1 Å². The Morgan fingerprint density at radius 3 is 2.33 bits per heavy atom. The standard InChI is InChI=1S/C12H26N4O2/c1-11(2)8-16(9-12(3,4)18-11)10(15-13)14-6-7-17-5/h6-9,13H2,1-5H3,(H,14,15). The zero-order chi connectivity index (χ0) is 13.8. The highest BCUT2D eigenvalue weighted by Gasteiger charge is 2.39. The first-order valence-corrected chi connectivity index (χ1v) is 6.25. The topological polar surface area (TPSA) is 72.1 Å². The smallest absolute Gasteiger partial charge is 0.208 e. The number of nitrogens with two attached hydrogens (primary N) is 1. The van der Waals surface area contributed by atoms with Crippen molar-refractivity contribution in [3.8, 4) is 0 Å². The zero-order valence-electron chi connectivity index (χ0n) is 12.1. The summed E-state index contributed by atoms with van der Waals surface area (Å²) in [6, 6.07) is 0. The minimum absolute atomic E-state index is 0.222. The van der Waals surface area contributed by atoms with Crippen molar-refractivity contribution in [1.29, 1.82) is 0 Å². The lowest BCUT2D eigenvalue weighted by molar-refractivity contribution is -0.167. The van der Waals surface area contributed by atoms with Crippen molar-refractivity contribution in [3.63, 3.8) is 0 Å². The third-order valence-corrected chi connectivity index (χ3v) is 2.68. The second-order valence-electron chi connectivity index (χ2n) is 5.82. The highest BCUT2D eigenvalue weighted by Crippen LogP contribution is 2.27. The van der Waals surface area contributed by atoms with Crippen LogP contribution in [0.5, 0.6) is 0 Å². The van der Waals surface area contributed by atoms with Crippen LogP contribution in [0, 0.1) is 0 Å². The molecule has 1 saturated heterocycles. The number of nitrogens with zero attached hydrogens (tertiary/aromatic N) is 2. The van der Waals surface area contributed by atoms with Gasteiger partial charge in [-0.05, 0) is 27.7 Å². The molecule has 106 valence electrons. The number of nitrogens with one attached hydrogen (secondary N) is 1. The molecule has 1 fully saturated rings. The van der Waals surface area contributed by atoms with Crippen molar-refractivity contribution >= 4 is 5.96 Å². The third-order valence-electron chi connectivity index (χ3n) is 2.68. The Balaban J connectivity index is 2.76. The van der Waals surface area contributed by atoms with Gasteiger partial charge in [-0.15, -0.1) is 0 Å². The lowest BCUT2D eigenvalue weighted by atomic mass is 9.99. The molecule has 0 atom stereocenters. The zero-order valence-corrected chi connectivity index (χ0v) is 12.1. The van der Waals surface area contributed by atoms with Crippen molar-refractivity contribution < 1.29 is 9.47 Å². The predicted octanol–water partition coefficient (Wildman–Crippen LogP) is 0.342. The Hall–Kier alpha value is -0.850. The number of hydrogen-bond acceptors (Lipinski definition) is 4. The van der Waals surface area contributed by atoms with Crippen molar-refractivity contribution in [1.82, 2.24) is 10.3 Å². The molecule has 0 aromatic rings. The Bertz CT molecular complexity index is 286. The average Bonchev–Trinajstić information content (AvgIpc) is 2.20. The van der Waals surface area contributed by atoms with Crippen LogP contribution in [0.4, 0.5) is 0 Å². The van der Waals surface area contributed by atoms with Gasteiger partial charge in [0.1, 0.15) is 0 Å². The summed E-state index contributed by atoms with van der Waals surface area (Å²) in [5.74, 6) is 6.25. The van der Waals surface area contributed by atoms with E-state index in [0.29, 0.717) is 19.1 Å². The minimum atomic E-state index is -0.222. The fraction of sp³-hybridized carbons (Fsp3) is 0.917. The number of hydrogen-bond donors (Lipinski definition) is 2. The van der Waals surface area contributed by atoms with Crippen LogP contribution in [-0.2, 0) is 9.47 Å². The van der Waals surface area contributed by atoms with Crippen LogP contribution in [0.15, 0.2) is 4.99 Å². The van der Waals surface area contributed by atoms with Crippen LogP contribution in [0.2, 0.25) is 0 Å². The first-order chi connectivity index (χ1) is 8.29. The molecular formula is C12H26N4O2. The predicted molar refractivity (Wildman–Crippen MR) is 72.3 cm³/mol. The number of methoxy groups -OCH3 is 1. The number of morpholine rings is 1. The lowest BCUT2D eigenvalue weighted by Gasteiger charge is -2.47. The van der Waals surface area contributed by atoms with Gasteiger partial charge in [0.05, 0.1) is 24.4 Å². The highest BCUT2D eigenvalue weighted by atomic mass is 16.5. The number of aliphatic imine (C=N–C) groups is 1. The number of ether oxygens (including phenoxy) is 2. The minimum Gasteiger partial charge on any atom is -0.383 e. The molecule has 0 bridgehead atoms. The van der Waals surface area contributed by atoms with Crippen molar-refractivity contribution in [2.24, 2.45) is 10.8 Å². The van der Waals surface area contributed by atoms with E-state index in [2.05, 4.69) is 43.0 Å². The average molecular weight is 258 g/mol. The molecule has 1 aliphatic rings. The fourth-order valence-electron chi connectivity index (χ4n) is 2.42. The van der Waals surface area contributed by atoms with Gasteiger partial charge in [0.15, 0.2) is 0 Å². The quantitative estimate of drug-likeness (QED) is 0.251. The lowest BCUT2D eigenvalue weighted by Crippen LogP contribution is -2.61. The number of hydrazine groups is 1. The van der Waals surface area contributed by atoms with Crippen molar-refractivity contribution in [3.05, 3.63) is 0 Å². The van der Waals surface area contributed by atoms with Gasteiger partial charge in [-0.3, -0.25) is 5.43 Å². The third kappa shape index (κ3) is 4.44. The molecule has 0 saturated carbocycles. The summed E-state index contributed by atoms with van der Waals surface area (Å²) in [6.45, 7) is 11.0. The van der Waals surface area contributed by atoms with Crippen LogP contribution in [0.25, 0.3) is 0 Å². The maximum atomic E-state index is 6.02. The molecule has 0 aromatic carbocycles. The molecule has 3 N–H and O–H groups in total. The van der Waals surface area contributed by atoms with Gasteiger partial charge in [0.25, 0.3) is 0 Å². The molecule has 1 aliphatic heterocycles. The fourth-order valence-corrected chi connectivity index (χ4v) is 2.42. The van der Waals surface area contributed by atoms with Crippen LogP contribution >= 0.6 is 0 Å². The summed E-state index contributed by atoms with van der Waals surface area (Å²) in [5, 5.41) is 0. The van der Waals surface area contributed by atoms with E-state index in [1.807, 2.05) is 0 Å². The molecule has 0 amide bonds. The van der Waals surface area contributed by atoms with E-state index in [9.17, 15) is 0 Å². The largest absolute Gasteiger partial charge is 0.383 e. The van der Waals surface area contributed by atoms with E-state index < -0.39 is 0 Å². The van der Waals surface area contributed by atoms with E-state index in [4.69, 9.17) is 15.3 Å². The summed E-state index contributed by atoms with van der Waals surface area (Å²) in [7, 11) is 1.66. The molecule has 0 spiro atoms. The summed E-state index contributed by atoms with van der Waals surface area (Å²) in [4.78, 5) is 6.54. The SMILES string of the molecule is COCCN=C(NN)N1CC(C)(C)OC(C)(C)C1. The molecule has 0 radical (unpaired) electrons. The molecule has 0 unspecified atom stereocenters. The van der Waals surface area contributed by atoms with E-state index in [1.165, 1.54) is 0 Å². The summed E-state index contributed by atoms with van der Waals surface area (Å²) < 4.78 is 11.0. The van der Waals surface area contributed by atoms with E-state index >= 15 is 0 Å². The number of rotatable bonds is 3. The van der Waals surface area contributed by atoms with Gasteiger partial charge in [0.2, 0.25) is 5.96 Å². The Morgan fingerprint density at radius 2 is 1.89 bits per heavy atom. The normalized spacial score (nSPS) is 23.0. The van der Waals surface area contributed by atoms with Gasteiger partial charge >= 0.3 is 0 Å². The molecular weight excluding hydrogens is 232 g/mol. The molecule has 18 heavy (non-hydrogen) atoms. The van der Waals surface area contributed by atoms with Crippen LogP contribution in [0.3, 0.4) is 0 Å². The van der Waals surface area contributed by atoms with E-state index in [-0.39, 0.29) is 11.2 Å². The second kappa shape index (κ2) is 5.86. The van der Waals surface area contributed by atoms with Gasteiger partial charge < -0.3 is 14.4 Å². The van der Waals surface area contributed by atoms with Crippen LogP contribution in [-0.4, -0.2) is 55.4 Å². The molecule has 6 nitrogen and oxygen atoms in total. The summed E-state index contributed by atoms with van der Waals surface area (Å²) in [6.07, 6.45) is 0.